The van der Waals surface area contributed by atoms with E-state index < -0.39 is 0 Å². The van der Waals surface area contributed by atoms with Gasteiger partial charge in [0.2, 0.25) is 0 Å². The Morgan fingerprint density at radius 1 is 0.512 bits per heavy atom. The summed E-state index contributed by atoms with van der Waals surface area (Å²) in [7, 11) is 0. The number of rotatable bonds is 4. The minimum Gasteiger partial charge on any atom is -0.252 e. The van der Waals surface area contributed by atoms with Crippen LogP contribution in [0.4, 0.5) is 0 Å². The Morgan fingerprint density at radius 2 is 1.07 bits per heavy atom. The van der Waals surface area contributed by atoms with E-state index in [1.165, 1.54) is 76.2 Å². The van der Waals surface area contributed by atoms with Crippen molar-refractivity contribution < 1.29 is 0 Å². The van der Waals surface area contributed by atoms with Gasteiger partial charge in [-0.2, -0.15) is 0 Å². The van der Waals surface area contributed by atoms with E-state index in [1.807, 2.05) is 23.4 Å². The SMILES string of the molecule is CC1(C)c2cc(-c3ccc(-c4cncs4)cc3)ccc2-c2c1cc(-c1ccc(-c3cncs3)cc1)c1ccccc21. The predicted molar refractivity (Wildman–Crippen MR) is 175 cm³/mol. The zero-order valence-corrected chi connectivity index (χ0v) is 24.4. The molecule has 41 heavy (non-hydrogen) atoms. The third-order valence-electron chi connectivity index (χ3n) is 8.53. The minimum absolute atomic E-state index is 0.120. The second-order valence-corrected chi connectivity index (χ2v) is 12.9. The molecule has 0 unspecified atom stereocenters. The molecule has 0 N–H and O–H groups in total. The predicted octanol–water partition coefficient (Wildman–Crippen LogP) is 10.7. The Kier molecular flexibility index (Phi) is 5.56. The molecule has 7 aromatic rings. The van der Waals surface area contributed by atoms with Gasteiger partial charge in [-0.05, 0) is 78.5 Å². The van der Waals surface area contributed by atoms with Gasteiger partial charge < -0.3 is 0 Å². The van der Waals surface area contributed by atoms with Crippen LogP contribution in [0.3, 0.4) is 0 Å². The third-order valence-corrected chi connectivity index (χ3v) is 10.2. The summed E-state index contributed by atoms with van der Waals surface area (Å²) in [5, 5.41) is 2.61. The highest BCUT2D eigenvalue weighted by molar-refractivity contribution is 7.13. The normalized spacial score (nSPS) is 13.3. The summed E-state index contributed by atoms with van der Waals surface area (Å²) in [5.74, 6) is 0. The molecule has 0 atom stereocenters. The molecule has 0 spiro atoms. The van der Waals surface area contributed by atoms with E-state index in [4.69, 9.17) is 0 Å². The number of nitrogens with zero attached hydrogens (tertiary/aromatic N) is 2. The Bertz CT molecular complexity index is 2030. The molecule has 0 saturated heterocycles. The summed E-state index contributed by atoms with van der Waals surface area (Å²) in [5.41, 5.74) is 16.6. The van der Waals surface area contributed by atoms with Gasteiger partial charge in [0.1, 0.15) is 0 Å². The van der Waals surface area contributed by atoms with Crippen LogP contribution >= 0.6 is 22.7 Å². The van der Waals surface area contributed by atoms with Gasteiger partial charge in [-0.1, -0.05) is 98.8 Å². The molecule has 8 rings (SSSR count). The molecule has 0 aliphatic heterocycles. The van der Waals surface area contributed by atoms with Crippen LogP contribution in [0.1, 0.15) is 25.0 Å². The number of thiazole rings is 2. The quantitative estimate of drug-likeness (QED) is 0.213. The summed E-state index contributed by atoms with van der Waals surface area (Å²) in [4.78, 5) is 10.9. The Balaban J connectivity index is 1.24. The van der Waals surface area contributed by atoms with E-state index in [0.717, 1.165) is 0 Å². The highest BCUT2D eigenvalue weighted by Gasteiger charge is 2.37. The molecule has 1 aliphatic carbocycles. The second-order valence-electron chi connectivity index (χ2n) is 11.2. The van der Waals surface area contributed by atoms with Crippen molar-refractivity contribution >= 4 is 33.4 Å². The summed E-state index contributed by atoms with van der Waals surface area (Å²) in [6.07, 6.45) is 3.87. The first-order valence-electron chi connectivity index (χ1n) is 13.8. The van der Waals surface area contributed by atoms with Crippen LogP contribution < -0.4 is 0 Å². The van der Waals surface area contributed by atoms with Crippen LogP contribution in [0.25, 0.3) is 65.0 Å². The molecule has 4 heteroatoms. The first-order chi connectivity index (χ1) is 20.1. The number of hydrogen-bond acceptors (Lipinski definition) is 4. The van der Waals surface area contributed by atoms with Gasteiger partial charge in [0, 0.05) is 17.8 Å². The molecule has 2 aromatic heterocycles. The first-order valence-corrected chi connectivity index (χ1v) is 15.5. The molecule has 2 nitrogen and oxygen atoms in total. The van der Waals surface area contributed by atoms with Crippen LogP contribution in [0.15, 0.2) is 120 Å². The van der Waals surface area contributed by atoms with Gasteiger partial charge in [-0.15, -0.1) is 22.7 Å². The highest BCUT2D eigenvalue weighted by atomic mass is 32.1. The standard InChI is InChI=1S/C37H26N2S2/c1-37(2)32-17-27(23-7-11-25(12-8-23)34-19-38-21-40-34)15-16-30(32)36-29-6-4-3-5-28(29)31(18-33(36)37)24-9-13-26(14-10-24)35-20-39-22-41-35/h3-22H,1-2H3. The lowest BCUT2D eigenvalue weighted by Gasteiger charge is -2.23. The topological polar surface area (TPSA) is 25.8 Å². The molecule has 0 radical (unpaired) electrons. The number of benzene rings is 5. The Morgan fingerprint density at radius 3 is 1.68 bits per heavy atom. The van der Waals surface area contributed by atoms with Crippen molar-refractivity contribution in [1.29, 1.82) is 0 Å². The molecule has 5 aromatic carbocycles. The Labute approximate surface area is 247 Å². The zero-order valence-electron chi connectivity index (χ0n) is 22.8. The van der Waals surface area contributed by atoms with Crippen LogP contribution in [0.5, 0.6) is 0 Å². The number of aromatic nitrogens is 2. The van der Waals surface area contributed by atoms with E-state index in [-0.39, 0.29) is 5.41 Å². The van der Waals surface area contributed by atoms with Crippen molar-refractivity contribution in [3.63, 3.8) is 0 Å². The maximum Gasteiger partial charge on any atom is 0.0797 e. The van der Waals surface area contributed by atoms with Crippen molar-refractivity contribution in [1.82, 2.24) is 9.97 Å². The van der Waals surface area contributed by atoms with Crippen LogP contribution in [-0.4, -0.2) is 9.97 Å². The third kappa shape index (κ3) is 3.90. The van der Waals surface area contributed by atoms with Crippen LogP contribution in [0.2, 0.25) is 0 Å². The smallest absolute Gasteiger partial charge is 0.0797 e. The molecular weight excluding hydrogens is 537 g/mol. The monoisotopic (exact) mass is 562 g/mol. The van der Waals surface area contributed by atoms with Crippen LogP contribution in [-0.2, 0) is 5.41 Å². The number of hydrogen-bond donors (Lipinski definition) is 0. The average Bonchev–Trinajstić information content (AvgIpc) is 3.79. The van der Waals surface area contributed by atoms with Gasteiger partial charge in [-0.25, -0.2) is 0 Å². The van der Waals surface area contributed by atoms with Crippen molar-refractivity contribution in [2.45, 2.75) is 19.3 Å². The fourth-order valence-corrected chi connectivity index (χ4v) is 7.62. The van der Waals surface area contributed by atoms with Gasteiger partial charge in [0.05, 0.1) is 20.8 Å². The number of fused-ring (bicyclic) bond motifs is 5. The lowest BCUT2D eigenvalue weighted by Crippen LogP contribution is -2.15. The molecule has 0 bridgehead atoms. The second kappa shape index (κ2) is 9.34. The molecule has 0 amide bonds. The van der Waals surface area contributed by atoms with E-state index in [1.54, 1.807) is 22.7 Å². The first kappa shape index (κ1) is 24.4. The van der Waals surface area contributed by atoms with Crippen molar-refractivity contribution in [2.24, 2.45) is 0 Å². The minimum atomic E-state index is -0.120. The van der Waals surface area contributed by atoms with Gasteiger partial charge in [0.15, 0.2) is 0 Å². The summed E-state index contributed by atoms with van der Waals surface area (Å²) < 4.78 is 0. The maximum atomic E-state index is 4.25. The lowest BCUT2D eigenvalue weighted by atomic mass is 9.80. The van der Waals surface area contributed by atoms with Crippen LogP contribution in [0, 0.1) is 0 Å². The largest absolute Gasteiger partial charge is 0.252 e. The molecule has 196 valence electrons. The Hall–Kier alpha value is -4.38. The summed E-state index contributed by atoms with van der Waals surface area (Å²) in [6, 6.07) is 36.2. The molecule has 2 heterocycles. The summed E-state index contributed by atoms with van der Waals surface area (Å²) in [6.45, 7) is 4.75. The van der Waals surface area contributed by atoms with Crippen molar-refractivity contribution in [3.8, 4) is 54.3 Å². The molecule has 0 fully saturated rings. The highest BCUT2D eigenvalue weighted by Crippen LogP contribution is 2.54. The molecule has 1 aliphatic rings. The van der Waals surface area contributed by atoms with Crippen molar-refractivity contribution in [3.05, 3.63) is 132 Å². The van der Waals surface area contributed by atoms with Gasteiger partial charge in [0.25, 0.3) is 0 Å². The van der Waals surface area contributed by atoms with E-state index >= 15 is 0 Å². The van der Waals surface area contributed by atoms with Crippen molar-refractivity contribution in [2.75, 3.05) is 0 Å². The van der Waals surface area contributed by atoms with Gasteiger partial charge >= 0.3 is 0 Å². The fourth-order valence-electron chi connectivity index (χ4n) is 6.36. The molecular formula is C37H26N2S2. The fraction of sp³-hybridized carbons (Fsp3) is 0.0811. The molecule has 0 saturated carbocycles. The van der Waals surface area contributed by atoms with E-state index in [9.17, 15) is 0 Å². The van der Waals surface area contributed by atoms with Gasteiger partial charge in [-0.3, -0.25) is 9.97 Å². The average molecular weight is 563 g/mol. The van der Waals surface area contributed by atoms with E-state index in [0.29, 0.717) is 0 Å². The lowest BCUT2D eigenvalue weighted by molar-refractivity contribution is 0.661. The zero-order chi connectivity index (χ0) is 27.6. The maximum absolute atomic E-state index is 4.25. The summed E-state index contributed by atoms with van der Waals surface area (Å²) >= 11 is 3.35. The van der Waals surface area contributed by atoms with E-state index in [2.05, 4.69) is 121 Å².